The van der Waals surface area contributed by atoms with E-state index in [0.29, 0.717) is 60.2 Å². The molecule has 0 atom stereocenters. The molecule has 0 fully saturated rings. The topological polar surface area (TPSA) is 406 Å². The number of carbonyl (C=O) groups excluding carboxylic acids is 4. The number of nitrogens with one attached hydrogen (secondary N) is 4. The number of ether oxygens (including phenoxy) is 2. The van der Waals surface area contributed by atoms with Crippen LogP contribution in [0.2, 0.25) is 0 Å². The Morgan fingerprint density at radius 2 is 1.03 bits per heavy atom. The molecule has 490 valence electrons. The Bertz CT molecular complexity index is 4280. The van der Waals surface area contributed by atoms with Crippen molar-refractivity contribution in [3.05, 3.63) is 116 Å². The molecule has 35 heteroatoms. The molecular weight excluding hydrogens is 1330 g/mol. The lowest BCUT2D eigenvalue weighted by atomic mass is 10.1. The molecule has 2 amide bonds. The van der Waals surface area contributed by atoms with Gasteiger partial charge in [0.25, 0.3) is 32.1 Å². The summed E-state index contributed by atoms with van der Waals surface area (Å²) in [6.45, 7) is 11.1. The fourth-order valence-corrected chi connectivity index (χ4v) is 13.7. The number of carbonyl (C=O) groups is 4. The molecular formula is C59H57F2N15O13S5. The Hall–Kier alpha value is -9.98. The first-order valence-corrected chi connectivity index (χ1v) is 33.2. The van der Waals surface area contributed by atoms with Gasteiger partial charge in [0.1, 0.15) is 67.6 Å². The number of anilines is 8. The number of rotatable bonds is 29. The van der Waals surface area contributed by atoms with Gasteiger partial charge in [0.2, 0.25) is 11.9 Å². The van der Waals surface area contributed by atoms with E-state index in [1.165, 1.54) is 50.6 Å². The maximum Gasteiger partial charge on any atom is 0.297 e. The van der Waals surface area contributed by atoms with Crippen LogP contribution in [0.3, 0.4) is 0 Å². The van der Waals surface area contributed by atoms with E-state index in [2.05, 4.69) is 56.7 Å². The van der Waals surface area contributed by atoms with Gasteiger partial charge in [-0.05, 0) is 102 Å². The average molecular weight is 1380 g/mol. The maximum absolute atomic E-state index is 14.0. The predicted octanol–water partition coefficient (Wildman–Crippen LogP) is 11.8. The van der Waals surface area contributed by atoms with Crippen molar-refractivity contribution in [3.63, 3.8) is 0 Å². The fraction of sp³-hybridized carbons (Fsp3) is 0.237. The number of aliphatic hydroxyl groups excluding tert-OH is 1. The van der Waals surface area contributed by atoms with Crippen molar-refractivity contribution in [3.8, 4) is 23.6 Å². The number of aliphatic hydroxyl groups is 1. The molecule has 3 aromatic heterocycles. The number of hydrogen-bond donors (Lipinski definition) is 7. The Morgan fingerprint density at radius 3 is 1.35 bits per heavy atom. The van der Waals surface area contributed by atoms with Gasteiger partial charge in [0, 0.05) is 55.4 Å². The highest BCUT2D eigenvalue weighted by atomic mass is 32.2. The Morgan fingerprint density at radius 1 is 0.638 bits per heavy atom. The van der Waals surface area contributed by atoms with Gasteiger partial charge in [0.05, 0.1) is 64.5 Å². The van der Waals surface area contributed by atoms with E-state index in [1.807, 2.05) is 37.5 Å². The van der Waals surface area contributed by atoms with Gasteiger partial charge in [-0.2, -0.15) is 42.3 Å². The van der Waals surface area contributed by atoms with Crippen molar-refractivity contribution in [2.75, 3.05) is 83.8 Å². The number of nitriles is 2. The lowest BCUT2D eigenvalue weighted by Gasteiger charge is -2.25. The van der Waals surface area contributed by atoms with E-state index in [1.54, 1.807) is 24.3 Å². The van der Waals surface area contributed by atoms with Gasteiger partial charge >= 0.3 is 0 Å². The van der Waals surface area contributed by atoms with E-state index in [-0.39, 0.29) is 75.0 Å². The fourth-order valence-electron chi connectivity index (χ4n) is 8.87. The smallest absolute Gasteiger partial charge is 0.297 e. The van der Waals surface area contributed by atoms with Gasteiger partial charge in [0.15, 0.2) is 26.7 Å². The molecule has 0 radical (unpaired) electrons. The monoisotopic (exact) mass is 1380 g/mol. The third-order valence-electron chi connectivity index (χ3n) is 13.2. The van der Waals surface area contributed by atoms with Crippen LogP contribution in [0.15, 0.2) is 119 Å². The molecule has 0 aliphatic carbocycles. The number of nitrogens with zero attached hydrogens (tertiary/aromatic N) is 11. The van der Waals surface area contributed by atoms with E-state index in [4.69, 9.17) is 9.47 Å². The summed E-state index contributed by atoms with van der Waals surface area (Å²) in [7, 11) is -7.81. The van der Waals surface area contributed by atoms with Gasteiger partial charge in [-0.1, -0.05) is 23.9 Å². The third kappa shape index (κ3) is 17.4. The number of amides is 2. The van der Waals surface area contributed by atoms with Crippen molar-refractivity contribution in [1.82, 2.24) is 15.0 Å². The standard InChI is InChI=1S/C59H57F2N15O13S5/c1-9-75(10-2)45-25-41(43(27-47(45)88-7)71-73-55-39(29-62)51(93(82,83)84)49(91-55)23-37(31(5)78)53(80)64-35-17-13-15-33(60)21-35)66-57-68-58(70-59(69-57)90-20-19-77)67-42-26-46(76(11-3)12-4)48(89-8)28-44(42)72-74-56-40(30-63)52(94(85,86)87)50(92-56)24-38(32(6)79)54(81)65-36-18-14-16-34(61)22-36/h13-18,21-28,77H,9-12,19-20H2,1-8H3,(H,64,80)(H,65,81)(H,82,83,84)(H,85,86,87)(H2,66,67,68,69,70)/b37-23-,38-24+,73-71+,74-72+. The molecule has 0 aliphatic heterocycles. The third-order valence-corrected chi connectivity index (χ3v) is 18.2. The number of benzene rings is 4. The van der Waals surface area contributed by atoms with Crippen LogP contribution >= 0.6 is 34.4 Å². The minimum atomic E-state index is -5.30. The van der Waals surface area contributed by atoms with Crippen molar-refractivity contribution in [1.29, 1.82) is 10.5 Å². The number of methoxy groups -OCH3 is 2. The van der Waals surface area contributed by atoms with Crippen LogP contribution in [0.25, 0.3) is 12.2 Å². The molecule has 28 nitrogen and oxygen atoms in total. The van der Waals surface area contributed by atoms with Crippen LogP contribution < -0.4 is 40.5 Å². The summed E-state index contributed by atoms with van der Waals surface area (Å²) >= 11 is 1.95. The molecule has 4 aromatic carbocycles. The predicted molar refractivity (Wildman–Crippen MR) is 351 cm³/mol. The zero-order valence-corrected chi connectivity index (χ0v) is 55.0. The SMILES string of the molecule is CCN(CC)c1cc(Nc2nc(Nc3cc(N(CC)CC)c(OC)cc3/N=N/c3sc(/C=C(\C(C)=O)C(=O)Nc4cccc(F)c4)c(S(=O)(=O)O)c3C#N)nc(SCCO)n2)c(/N=N/c2sc(/C=C(/C(C)=O)C(=O)Nc3cccc(F)c3)c(S(=O)(=O)O)c2C#N)cc1OC. The van der Waals surface area contributed by atoms with Crippen LogP contribution in [0.4, 0.5) is 76.2 Å². The molecule has 0 saturated heterocycles. The maximum atomic E-state index is 14.0. The van der Waals surface area contributed by atoms with E-state index in [0.717, 1.165) is 62.0 Å². The number of halogens is 2. The second kappa shape index (κ2) is 31.6. The molecule has 0 spiro atoms. The summed E-state index contributed by atoms with van der Waals surface area (Å²) in [6.07, 6.45) is 1.67. The van der Waals surface area contributed by atoms with Crippen LogP contribution in [-0.4, -0.2) is 122 Å². The number of thiophene rings is 2. The van der Waals surface area contributed by atoms with Crippen LogP contribution in [-0.2, 0) is 39.4 Å². The number of hydrogen-bond acceptors (Lipinski definition) is 27. The highest BCUT2D eigenvalue weighted by Gasteiger charge is 2.31. The first-order valence-electron chi connectivity index (χ1n) is 27.7. The molecule has 94 heavy (non-hydrogen) atoms. The summed E-state index contributed by atoms with van der Waals surface area (Å²) in [5.74, 6) is -5.10. The lowest BCUT2D eigenvalue weighted by Crippen LogP contribution is -2.22. The number of Topliss-reactive ketones (excluding diaryl/α,β-unsaturated/α-hetero) is 2. The molecule has 0 unspecified atom stereocenters. The van der Waals surface area contributed by atoms with Crippen LogP contribution in [0.1, 0.15) is 62.4 Å². The van der Waals surface area contributed by atoms with Crippen molar-refractivity contribution >= 4 is 158 Å². The summed E-state index contributed by atoms with van der Waals surface area (Å²) in [5.41, 5.74) is -1.68. The normalized spacial score (nSPS) is 11.9. The minimum Gasteiger partial charge on any atom is -0.494 e. The molecule has 7 N–H and O–H groups in total. The number of azo groups is 2. The largest absolute Gasteiger partial charge is 0.494 e. The Labute approximate surface area is 549 Å². The van der Waals surface area contributed by atoms with Gasteiger partial charge < -0.3 is 45.6 Å². The quantitative estimate of drug-likeness (QED) is 0.00572. The van der Waals surface area contributed by atoms with Gasteiger partial charge in [-0.15, -0.1) is 43.1 Å². The van der Waals surface area contributed by atoms with Crippen LogP contribution in [0, 0.1) is 34.3 Å². The number of thioether (sulfide) groups is 1. The van der Waals surface area contributed by atoms with E-state index < -0.39 is 107 Å². The first-order chi connectivity index (χ1) is 44.7. The first kappa shape index (κ1) is 71.5. The summed E-state index contributed by atoms with van der Waals surface area (Å²) in [6, 6.07) is 19.0. The highest BCUT2D eigenvalue weighted by Crippen LogP contribution is 2.46. The second-order valence-corrected chi connectivity index (χ2v) is 25.0. The van der Waals surface area contributed by atoms with Crippen LogP contribution in [0.5, 0.6) is 11.5 Å². The Kier molecular flexibility index (Phi) is 24.0. The van der Waals surface area contributed by atoms with Gasteiger partial charge in [-0.25, -0.2) is 8.78 Å². The molecule has 3 heterocycles. The van der Waals surface area contributed by atoms with E-state index in [9.17, 15) is 69.5 Å². The number of aromatic nitrogens is 3. The van der Waals surface area contributed by atoms with Crippen molar-refractivity contribution in [2.45, 2.75) is 56.5 Å². The number of ketones is 2. The minimum absolute atomic E-state index is 0.0330. The molecule has 7 rings (SSSR count). The zero-order valence-electron chi connectivity index (χ0n) is 51.0. The molecule has 0 bridgehead atoms. The van der Waals surface area contributed by atoms with Gasteiger partial charge in [-0.3, -0.25) is 28.3 Å². The highest BCUT2D eigenvalue weighted by molar-refractivity contribution is 7.99. The molecule has 7 aromatic rings. The second-order valence-electron chi connectivity index (χ2n) is 19.2. The van der Waals surface area contributed by atoms with Crippen molar-refractivity contribution < 1.29 is 68.5 Å². The summed E-state index contributed by atoms with van der Waals surface area (Å²) in [5, 5.41) is 58.3. The Balaban J connectivity index is 1.37. The summed E-state index contributed by atoms with van der Waals surface area (Å²) < 4.78 is 113. The summed E-state index contributed by atoms with van der Waals surface area (Å²) in [4.78, 5) is 67.5. The molecule has 0 saturated carbocycles. The van der Waals surface area contributed by atoms with E-state index >= 15 is 0 Å². The molecule has 0 aliphatic rings. The average Bonchev–Trinajstić information content (AvgIpc) is 1.58. The lowest BCUT2D eigenvalue weighted by molar-refractivity contribution is -0.120. The zero-order chi connectivity index (χ0) is 68.8. The van der Waals surface area contributed by atoms with Crippen molar-refractivity contribution in [2.24, 2.45) is 20.5 Å².